The van der Waals surface area contributed by atoms with Crippen LogP contribution in [0.1, 0.15) is 23.7 Å². The van der Waals surface area contributed by atoms with Crippen molar-refractivity contribution in [2.24, 2.45) is 0 Å². The number of aromatic amines is 1. The topological polar surface area (TPSA) is 65.6 Å². The predicted octanol–water partition coefficient (Wildman–Crippen LogP) is 2.82. The van der Waals surface area contributed by atoms with E-state index in [4.69, 9.17) is 4.74 Å². The van der Waals surface area contributed by atoms with Crippen molar-refractivity contribution in [3.05, 3.63) is 65.4 Å². The van der Waals surface area contributed by atoms with Crippen LogP contribution in [0.15, 0.2) is 48.5 Å². The van der Waals surface area contributed by atoms with Crippen LogP contribution in [0.3, 0.4) is 0 Å². The van der Waals surface area contributed by atoms with Crippen molar-refractivity contribution in [3.63, 3.8) is 0 Å². The summed E-state index contributed by atoms with van der Waals surface area (Å²) in [6, 6.07) is 15.7. The first-order valence-electron chi connectivity index (χ1n) is 9.85. The maximum absolute atomic E-state index is 13.7. The molecular formula is C23H23N3O3. The van der Waals surface area contributed by atoms with Crippen LogP contribution in [0.4, 0.5) is 0 Å². The van der Waals surface area contributed by atoms with Crippen molar-refractivity contribution in [1.82, 2.24) is 14.8 Å². The highest BCUT2D eigenvalue weighted by molar-refractivity contribution is 6.00. The highest BCUT2D eigenvalue weighted by Gasteiger charge is 2.54. The van der Waals surface area contributed by atoms with Gasteiger partial charge < -0.3 is 19.5 Å². The molecule has 0 radical (unpaired) electrons. The minimum atomic E-state index is -1.01. The summed E-state index contributed by atoms with van der Waals surface area (Å²) >= 11 is 0. The highest BCUT2D eigenvalue weighted by atomic mass is 16.5. The Labute approximate surface area is 169 Å². The third-order valence-corrected chi connectivity index (χ3v) is 6.26. The lowest BCUT2D eigenvalue weighted by Crippen LogP contribution is -2.66. The first-order valence-corrected chi connectivity index (χ1v) is 9.85. The van der Waals surface area contributed by atoms with Crippen LogP contribution < -0.4 is 4.74 Å². The lowest BCUT2D eigenvalue weighted by molar-refractivity contribution is -0.166. The normalized spacial score (nSPS) is 21.3. The summed E-state index contributed by atoms with van der Waals surface area (Å²) < 4.78 is 5.29. The molecule has 5 rings (SSSR count). The van der Waals surface area contributed by atoms with Crippen LogP contribution in [0.2, 0.25) is 0 Å². The monoisotopic (exact) mass is 389 g/mol. The number of ether oxygens (including phenoxy) is 1. The van der Waals surface area contributed by atoms with Gasteiger partial charge in [0.05, 0.1) is 12.8 Å². The molecule has 29 heavy (non-hydrogen) atoms. The van der Waals surface area contributed by atoms with Gasteiger partial charge in [0, 0.05) is 24.0 Å². The first-order chi connectivity index (χ1) is 14.0. The number of piperazine rings is 1. The zero-order valence-electron chi connectivity index (χ0n) is 16.6. The molecular weight excluding hydrogens is 366 g/mol. The van der Waals surface area contributed by atoms with Crippen molar-refractivity contribution in [1.29, 1.82) is 0 Å². The summed E-state index contributed by atoms with van der Waals surface area (Å²) in [7, 11) is 1.62. The van der Waals surface area contributed by atoms with Gasteiger partial charge in [0.2, 0.25) is 5.91 Å². The van der Waals surface area contributed by atoms with E-state index in [1.54, 1.807) is 16.9 Å². The Kier molecular flexibility index (Phi) is 3.91. The van der Waals surface area contributed by atoms with Gasteiger partial charge in [0.25, 0.3) is 5.91 Å². The molecule has 1 N–H and O–H groups in total. The van der Waals surface area contributed by atoms with Crippen LogP contribution in [-0.2, 0) is 28.1 Å². The van der Waals surface area contributed by atoms with Crippen molar-refractivity contribution < 1.29 is 14.3 Å². The van der Waals surface area contributed by atoms with E-state index in [1.165, 1.54) is 0 Å². The third-order valence-electron chi connectivity index (χ3n) is 6.26. The Morgan fingerprint density at radius 1 is 1.14 bits per heavy atom. The molecule has 3 aromatic rings. The smallest absolute Gasteiger partial charge is 0.255 e. The number of rotatable bonds is 3. The van der Waals surface area contributed by atoms with Gasteiger partial charge in [-0.25, -0.2) is 0 Å². The lowest BCUT2D eigenvalue weighted by atomic mass is 9.83. The maximum Gasteiger partial charge on any atom is 0.255 e. The number of amides is 2. The Morgan fingerprint density at radius 3 is 2.79 bits per heavy atom. The number of H-pyrrole nitrogens is 1. The van der Waals surface area contributed by atoms with E-state index in [1.807, 2.05) is 49.4 Å². The first kappa shape index (κ1) is 17.8. The SMILES string of the molecule is COc1cccc(CN2CC(=O)N3CCc4c([nH]c5ccccc45)[C@]3(C)C2=O)c1. The van der Waals surface area contributed by atoms with E-state index in [2.05, 4.69) is 11.1 Å². The molecule has 0 aliphatic carbocycles. The molecule has 2 aromatic carbocycles. The number of nitrogens with one attached hydrogen (secondary N) is 1. The quantitative estimate of drug-likeness (QED) is 0.749. The summed E-state index contributed by atoms with van der Waals surface area (Å²) in [5.74, 6) is 0.674. The Bertz CT molecular complexity index is 1140. The van der Waals surface area contributed by atoms with E-state index in [0.717, 1.165) is 39.9 Å². The van der Waals surface area contributed by atoms with Gasteiger partial charge in [-0.05, 0) is 42.7 Å². The van der Waals surface area contributed by atoms with E-state index in [-0.39, 0.29) is 18.4 Å². The standard InChI is InChI=1S/C23H23N3O3/c1-23-21-18(17-8-3-4-9-19(17)24-21)10-11-26(23)20(27)14-25(22(23)28)13-15-6-5-7-16(12-15)29-2/h3-9,12,24H,10-11,13-14H2,1-2H3/t23-/m1/s1. The van der Waals surface area contributed by atoms with Crippen LogP contribution in [0.25, 0.3) is 10.9 Å². The average molecular weight is 389 g/mol. The predicted molar refractivity (Wildman–Crippen MR) is 109 cm³/mol. The number of para-hydroxylation sites is 1. The minimum absolute atomic E-state index is 0.0145. The van der Waals surface area contributed by atoms with Gasteiger partial charge in [-0.2, -0.15) is 0 Å². The molecule has 0 bridgehead atoms. The summed E-state index contributed by atoms with van der Waals surface area (Å²) in [5.41, 5.74) is 2.92. The molecule has 2 aliphatic rings. The largest absolute Gasteiger partial charge is 0.497 e. The van der Waals surface area contributed by atoms with Crippen LogP contribution in [0, 0.1) is 0 Å². The van der Waals surface area contributed by atoms with Crippen molar-refractivity contribution >= 4 is 22.7 Å². The minimum Gasteiger partial charge on any atom is -0.497 e. The van der Waals surface area contributed by atoms with Crippen molar-refractivity contribution in [2.45, 2.75) is 25.4 Å². The second-order valence-corrected chi connectivity index (χ2v) is 7.90. The molecule has 1 atom stereocenters. The average Bonchev–Trinajstić information content (AvgIpc) is 3.12. The molecule has 1 fully saturated rings. The zero-order valence-corrected chi connectivity index (χ0v) is 16.6. The molecule has 3 heterocycles. The number of carbonyl (C=O) groups excluding carboxylic acids is 2. The molecule has 1 saturated heterocycles. The number of hydrogen-bond acceptors (Lipinski definition) is 3. The molecule has 6 heteroatoms. The van der Waals surface area contributed by atoms with E-state index in [0.29, 0.717) is 13.1 Å². The molecule has 2 amide bonds. The fourth-order valence-corrected chi connectivity index (χ4v) is 4.80. The Morgan fingerprint density at radius 2 is 1.97 bits per heavy atom. The number of aromatic nitrogens is 1. The Hall–Kier alpha value is -3.28. The van der Waals surface area contributed by atoms with Gasteiger partial charge in [-0.3, -0.25) is 9.59 Å². The fraction of sp³-hybridized carbons (Fsp3) is 0.304. The van der Waals surface area contributed by atoms with Crippen LogP contribution in [0.5, 0.6) is 5.75 Å². The molecule has 0 unspecified atom stereocenters. The van der Waals surface area contributed by atoms with Gasteiger partial charge >= 0.3 is 0 Å². The molecule has 6 nitrogen and oxygen atoms in total. The molecule has 0 spiro atoms. The lowest BCUT2D eigenvalue weighted by Gasteiger charge is -2.49. The number of carbonyl (C=O) groups is 2. The number of nitrogens with zero attached hydrogens (tertiary/aromatic N) is 2. The second kappa shape index (κ2) is 6.37. The fourth-order valence-electron chi connectivity index (χ4n) is 4.80. The van der Waals surface area contributed by atoms with E-state index < -0.39 is 5.54 Å². The number of benzene rings is 2. The van der Waals surface area contributed by atoms with Gasteiger partial charge in [-0.15, -0.1) is 0 Å². The highest BCUT2D eigenvalue weighted by Crippen LogP contribution is 2.42. The maximum atomic E-state index is 13.7. The van der Waals surface area contributed by atoms with E-state index in [9.17, 15) is 9.59 Å². The molecule has 0 saturated carbocycles. The zero-order chi connectivity index (χ0) is 20.2. The van der Waals surface area contributed by atoms with Crippen molar-refractivity contribution in [2.75, 3.05) is 20.2 Å². The van der Waals surface area contributed by atoms with Crippen LogP contribution >= 0.6 is 0 Å². The van der Waals surface area contributed by atoms with Crippen LogP contribution in [-0.4, -0.2) is 46.8 Å². The summed E-state index contributed by atoms with van der Waals surface area (Å²) in [6.07, 6.45) is 0.754. The Balaban J connectivity index is 1.57. The molecule has 2 aliphatic heterocycles. The van der Waals surface area contributed by atoms with Gasteiger partial charge in [-0.1, -0.05) is 30.3 Å². The third kappa shape index (κ3) is 2.55. The molecule has 148 valence electrons. The van der Waals surface area contributed by atoms with Gasteiger partial charge in [0.15, 0.2) is 5.54 Å². The summed E-state index contributed by atoms with van der Waals surface area (Å²) in [6.45, 7) is 2.91. The number of hydrogen-bond donors (Lipinski definition) is 1. The second-order valence-electron chi connectivity index (χ2n) is 7.90. The number of methoxy groups -OCH3 is 1. The molecule has 1 aromatic heterocycles. The summed E-state index contributed by atoms with van der Waals surface area (Å²) in [5, 5.41) is 1.13. The van der Waals surface area contributed by atoms with E-state index >= 15 is 0 Å². The number of fused-ring (bicyclic) bond motifs is 5. The van der Waals surface area contributed by atoms with Crippen molar-refractivity contribution in [3.8, 4) is 5.75 Å². The van der Waals surface area contributed by atoms with Gasteiger partial charge in [0.1, 0.15) is 12.3 Å². The summed E-state index contributed by atoms with van der Waals surface area (Å²) in [4.78, 5) is 33.6.